The van der Waals surface area contributed by atoms with E-state index in [0.29, 0.717) is 24.6 Å². The zero-order valence-electron chi connectivity index (χ0n) is 22.8. The van der Waals surface area contributed by atoms with Crippen LogP contribution in [-0.2, 0) is 27.2 Å². The quantitative estimate of drug-likeness (QED) is 0.185. The van der Waals surface area contributed by atoms with E-state index < -0.39 is 24.5 Å². The van der Waals surface area contributed by atoms with Gasteiger partial charge < -0.3 is 18.8 Å². The fourth-order valence-electron chi connectivity index (χ4n) is 4.02. The maximum atomic E-state index is 13.0. The molecule has 12 heteroatoms. The highest BCUT2D eigenvalue weighted by molar-refractivity contribution is 6.32. The third kappa shape index (κ3) is 7.23. The standard InChI is InChI=1S/C28H31ClN6O5/c1-5-6-11-22-30-24(29)23(26(36)38-17-39-27(37)40-28(2,3)4)35(22)16-18-12-14-19(15-13-18)20-9-7-8-10-21(20)25-31-33-34-32-25/h7-10,12-15H,5-6,11,16-17H2,1-4H3,(H,31,32,33,34). The molecule has 0 amide bonds. The fraction of sp³-hybridized carbons (Fsp3) is 0.357. The van der Waals surface area contributed by atoms with E-state index in [1.54, 1.807) is 25.3 Å². The maximum Gasteiger partial charge on any atom is 0.511 e. The summed E-state index contributed by atoms with van der Waals surface area (Å²) in [6, 6.07) is 15.8. The largest absolute Gasteiger partial charge is 0.511 e. The van der Waals surface area contributed by atoms with Crippen molar-refractivity contribution in [3.05, 3.63) is 70.8 Å². The van der Waals surface area contributed by atoms with Crippen molar-refractivity contribution in [1.82, 2.24) is 30.2 Å². The van der Waals surface area contributed by atoms with Crippen LogP contribution in [0.2, 0.25) is 5.15 Å². The second-order valence-corrected chi connectivity index (χ2v) is 10.4. The Bertz CT molecular complexity index is 1450. The number of tetrazole rings is 1. The van der Waals surface area contributed by atoms with Gasteiger partial charge in [-0.1, -0.05) is 73.5 Å². The number of benzene rings is 2. The van der Waals surface area contributed by atoms with E-state index in [-0.39, 0.29) is 10.8 Å². The summed E-state index contributed by atoms with van der Waals surface area (Å²) < 4.78 is 16.9. The van der Waals surface area contributed by atoms with Gasteiger partial charge in [0.2, 0.25) is 6.79 Å². The summed E-state index contributed by atoms with van der Waals surface area (Å²) in [5.41, 5.74) is 3.10. The number of esters is 1. The number of carbonyl (C=O) groups excluding carboxylic acids is 2. The molecule has 0 aliphatic carbocycles. The number of nitrogens with one attached hydrogen (secondary N) is 1. The van der Waals surface area contributed by atoms with Crippen molar-refractivity contribution in [1.29, 1.82) is 0 Å². The number of carbonyl (C=O) groups is 2. The number of hydrogen-bond acceptors (Lipinski definition) is 9. The number of halogens is 1. The molecule has 0 unspecified atom stereocenters. The monoisotopic (exact) mass is 566 g/mol. The molecular formula is C28H31ClN6O5. The van der Waals surface area contributed by atoms with Crippen LogP contribution in [0.15, 0.2) is 48.5 Å². The van der Waals surface area contributed by atoms with Crippen LogP contribution >= 0.6 is 11.6 Å². The predicted molar refractivity (Wildman–Crippen MR) is 148 cm³/mol. The van der Waals surface area contributed by atoms with E-state index in [0.717, 1.165) is 35.1 Å². The minimum atomic E-state index is -0.940. The number of aromatic nitrogens is 6. The summed E-state index contributed by atoms with van der Waals surface area (Å²) in [6.07, 6.45) is 1.51. The summed E-state index contributed by atoms with van der Waals surface area (Å²) in [5, 5.41) is 14.2. The molecule has 0 atom stereocenters. The molecule has 0 fully saturated rings. The molecule has 0 radical (unpaired) electrons. The van der Waals surface area contributed by atoms with E-state index in [4.69, 9.17) is 25.8 Å². The lowest BCUT2D eigenvalue weighted by Crippen LogP contribution is -2.25. The van der Waals surface area contributed by atoms with Gasteiger partial charge in [-0.15, -0.1) is 5.10 Å². The molecule has 0 aliphatic heterocycles. The van der Waals surface area contributed by atoms with Crippen molar-refractivity contribution in [3.63, 3.8) is 0 Å². The topological polar surface area (TPSA) is 134 Å². The van der Waals surface area contributed by atoms with Gasteiger partial charge in [-0.25, -0.2) is 19.7 Å². The number of nitrogens with zero attached hydrogens (tertiary/aromatic N) is 5. The highest BCUT2D eigenvalue weighted by Crippen LogP contribution is 2.30. The number of H-pyrrole nitrogens is 1. The third-order valence-electron chi connectivity index (χ3n) is 5.84. The molecular weight excluding hydrogens is 536 g/mol. The highest BCUT2D eigenvalue weighted by Gasteiger charge is 2.25. The van der Waals surface area contributed by atoms with Crippen LogP contribution < -0.4 is 0 Å². The molecule has 40 heavy (non-hydrogen) atoms. The highest BCUT2D eigenvalue weighted by atomic mass is 35.5. The molecule has 4 aromatic rings. The number of ether oxygens (including phenoxy) is 3. The Balaban J connectivity index is 1.54. The number of aryl methyl sites for hydroxylation is 1. The third-order valence-corrected chi connectivity index (χ3v) is 6.10. The minimum Gasteiger partial charge on any atom is -0.428 e. The normalized spacial score (nSPS) is 11.3. The zero-order valence-corrected chi connectivity index (χ0v) is 23.6. The fourth-order valence-corrected chi connectivity index (χ4v) is 4.30. The molecule has 2 aromatic heterocycles. The molecule has 0 spiro atoms. The van der Waals surface area contributed by atoms with Gasteiger partial charge in [0.05, 0.1) is 0 Å². The van der Waals surface area contributed by atoms with Crippen LogP contribution in [0, 0.1) is 0 Å². The van der Waals surface area contributed by atoms with E-state index in [2.05, 4.69) is 32.5 Å². The Morgan fingerprint density at radius 2 is 1.75 bits per heavy atom. The summed E-state index contributed by atoms with van der Waals surface area (Å²) in [7, 11) is 0. The number of aromatic amines is 1. The number of hydrogen-bond donors (Lipinski definition) is 1. The van der Waals surface area contributed by atoms with Crippen LogP contribution in [0.4, 0.5) is 4.79 Å². The average Bonchev–Trinajstić information content (AvgIpc) is 3.55. The van der Waals surface area contributed by atoms with Crippen LogP contribution in [-0.4, -0.2) is 54.7 Å². The van der Waals surface area contributed by atoms with Crippen LogP contribution in [0.1, 0.15) is 62.4 Å². The van der Waals surface area contributed by atoms with Gasteiger partial charge in [-0.3, -0.25) is 0 Å². The van der Waals surface area contributed by atoms with Crippen molar-refractivity contribution >= 4 is 23.7 Å². The van der Waals surface area contributed by atoms with Gasteiger partial charge in [-0.05, 0) is 54.3 Å². The molecule has 2 heterocycles. The lowest BCUT2D eigenvalue weighted by Gasteiger charge is -2.18. The molecule has 0 bridgehead atoms. The van der Waals surface area contributed by atoms with E-state index in [1.807, 2.05) is 48.5 Å². The Morgan fingerprint density at radius 3 is 2.40 bits per heavy atom. The number of rotatable bonds is 10. The van der Waals surface area contributed by atoms with Crippen molar-refractivity contribution < 1.29 is 23.8 Å². The Kier molecular flexibility index (Phi) is 9.15. The second-order valence-electron chi connectivity index (χ2n) is 10.0. The number of imidazole rings is 1. The summed E-state index contributed by atoms with van der Waals surface area (Å²) >= 11 is 6.41. The average molecular weight is 567 g/mol. The molecule has 2 aromatic carbocycles. The SMILES string of the molecule is CCCCc1nc(Cl)c(C(=O)OCOC(=O)OC(C)(C)C)n1Cc1ccc(-c2ccccc2-c2nnn[nH]2)cc1. The van der Waals surface area contributed by atoms with E-state index in [1.165, 1.54) is 0 Å². The van der Waals surface area contributed by atoms with Crippen molar-refractivity contribution in [3.8, 4) is 22.5 Å². The van der Waals surface area contributed by atoms with Crippen LogP contribution in [0.5, 0.6) is 0 Å². The van der Waals surface area contributed by atoms with E-state index >= 15 is 0 Å². The van der Waals surface area contributed by atoms with Gasteiger partial charge in [0.1, 0.15) is 11.4 Å². The first kappa shape index (κ1) is 28.8. The molecule has 0 aliphatic rings. The Hall–Kier alpha value is -4.25. The van der Waals surface area contributed by atoms with Gasteiger partial charge in [0.25, 0.3) is 0 Å². The Labute approximate surface area is 236 Å². The molecule has 1 N–H and O–H groups in total. The summed E-state index contributed by atoms with van der Waals surface area (Å²) in [5.74, 6) is 0.487. The first-order valence-corrected chi connectivity index (χ1v) is 13.2. The van der Waals surface area contributed by atoms with Gasteiger partial charge in [-0.2, -0.15) is 0 Å². The lowest BCUT2D eigenvalue weighted by atomic mass is 9.98. The smallest absolute Gasteiger partial charge is 0.428 e. The lowest BCUT2D eigenvalue weighted by molar-refractivity contribution is -0.0527. The maximum absolute atomic E-state index is 13.0. The summed E-state index contributed by atoms with van der Waals surface area (Å²) in [6.45, 7) is 6.91. The molecule has 0 saturated carbocycles. The van der Waals surface area contributed by atoms with Crippen molar-refractivity contribution in [2.24, 2.45) is 0 Å². The molecule has 210 valence electrons. The van der Waals surface area contributed by atoms with E-state index in [9.17, 15) is 9.59 Å². The predicted octanol–water partition coefficient (Wildman–Crippen LogP) is 5.84. The zero-order chi connectivity index (χ0) is 28.7. The van der Waals surface area contributed by atoms with Gasteiger partial charge in [0, 0.05) is 18.5 Å². The van der Waals surface area contributed by atoms with Gasteiger partial charge >= 0.3 is 12.1 Å². The Morgan fingerprint density at radius 1 is 1.02 bits per heavy atom. The van der Waals surface area contributed by atoms with Crippen LogP contribution in [0.3, 0.4) is 0 Å². The van der Waals surface area contributed by atoms with Crippen molar-refractivity contribution in [2.75, 3.05) is 6.79 Å². The molecule has 0 saturated heterocycles. The van der Waals surface area contributed by atoms with Crippen LogP contribution in [0.25, 0.3) is 22.5 Å². The first-order chi connectivity index (χ1) is 19.2. The minimum absolute atomic E-state index is 0.0274. The van der Waals surface area contributed by atoms with Crippen molar-refractivity contribution in [2.45, 2.75) is 59.1 Å². The first-order valence-electron chi connectivity index (χ1n) is 12.9. The summed E-state index contributed by atoms with van der Waals surface area (Å²) in [4.78, 5) is 29.2. The molecule has 4 rings (SSSR count). The second kappa shape index (κ2) is 12.7. The molecule has 11 nitrogen and oxygen atoms in total. The number of unbranched alkanes of at least 4 members (excludes halogenated alkanes) is 1. The van der Waals surface area contributed by atoms with Gasteiger partial charge in [0.15, 0.2) is 16.7 Å².